The summed E-state index contributed by atoms with van der Waals surface area (Å²) in [5.41, 5.74) is -1.81. The molecule has 1 N–H and O–H groups in total. The first-order chi connectivity index (χ1) is 15.8. The van der Waals surface area contributed by atoms with E-state index in [0.717, 1.165) is 19.3 Å². The van der Waals surface area contributed by atoms with Crippen LogP contribution < -0.4 is 0 Å². The fraction of sp³-hybridized carbons (Fsp3) is 0.923. The van der Waals surface area contributed by atoms with Crippen LogP contribution in [0.3, 0.4) is 0 Å². The molecule has 0 aromatic heterocycles. The van der Waals surface area contributed by atoms with Gasteiger partial charge in [0.15, 0.2) is 8.32 Å². The van der Waals surface area contributed by atoms with E-state index in [1.165, 1.54) is 4.31 Å². The number of rotatable bonds is 4. The molecule has 35 heavy (non-hydrogen) atoms. The van der Waals surface area contributed by atoms with Gasteiger partial charge in [-0.05, 0) is 67.5 Å². The van der Waals surface area contributed by atoms with E-state index in [0.29, 0.717) is 5.92 Å². The fourth-order valence-corrected chi connectivity index (χ4v) is 11.1. The molecule has 3 aliphatic carbocycles. The number of nitriles is 1. The van der Waals surface area contributed by atoms with E-state index < -0.39 is 35.8 Å². The van der Waals surface area contributed by atoms with Gasteiger partial charge in [-0.25, -0.2) is 12.7 Å². The molecule has 1 saturated heterocycles. The van der Waals surface area contributed by atoms with Crippen molar-refractivity contribution in [3.8, 4) is 6.07 Å². The van der Waals surface area contributed by atoms with Crippen molar-refractivity contribution in [3.05, 3.63) is 0 Å². The molecule has 7 nitrogen and oxygen atoms in total. The zero-order valence-corrected chi connectivity index (χ0v) is 24.5. The average Bonchev–Trinajstić information content (AvgIpc) is 3.19. The van der Waals surface area contributed by atoms with Crippen LogP contribution in [0, 0.1) is 45.8 Å². The molecule has 4 rings (SSSR count). The van der Waals surface area contributed by atoms with Gasteiger partial charge >= 0.3 is 0 Å². The van der Waals surface area contributed by atoms with Crippen LogP contribution in [0.2, 0.25) is 18.1 Å². The van der Waals surface area contributed by atoms with Gasteiger partial charge in [0.05, 0.1) is 30.4 Å². The van der Waals surface area contributed by atoms with Gasteiger partial charge in [-0.15, -0.1) is 0 Å². The van der Waals surface area contributed by atoms with E-state index in [1.54, 1.807) is 0 Å². The van der Waals surface area contributed by atoms with Crippen LogP contribution in [-0.4, -0.2) is 56.1 Å². The summed E-state index contributed by atoms with van der Waals surface area (Å²) in [6.07, 6.45) is 3.02. The summed E-state index contributed by atoms with van der Waals surface area (Å²) in [6, 6.07) is 1.96. The molecular formula is C26H44N2O5SSi. The molecule has 4 aliphatic rings. The Hall–Kier alpha value is -0.953. The predicted molar refractivity (Wildman–Crippen MR) is 137 cm³/mol. The van der Waals surface area contributed by atoms with E-state index in [2.05, 4.69) is 53.8 Å². The fourth-order valence-electron chi connectivity index (χ4n) is 7.49. The monoisotopic (exact) mass is 524 g/mol. The van der Waals surface area contributed by atoms with E-state index >= 15 is 0 Å². The standard InChI is InChI=1S/C26H44N2O5SSi/c1-17-13-26(30,15-33-35(7,8)23(2,3)4)19(14-27)11-20(17)22(29)28-21-12-18-9-10-25(21,24(18,5)6)16-34(28,31)32/h17-21,30H,9-13,15-16H2,1-8H3/t17-,18+,19+,20-,21+,25-,26+/m0/s1. The lowest BCUT2D eigenvalue weighted by Gasteiger charge is -2.46. The average molecular weight is 525 g/mol. The van der Waals surface area contributed by atoms with Crippen molar-refractivity contribution in [1.29, 1.82) is 5.26 Å². The van der Waals surface area contributed by atoms with Crippen molar-refractivity contribution in [3.63, 3.8) is 0 Å². The molecule has 1 heterocycles. The van der Waals surface area contributed by atoms with Crippen molar-refractivity contribution >= 4 is 24.2 Å². The van der Waals surface area contributed by atoms with Crippen molar-refractivity contribution in [1.82, 2.24) is 4.31 Å². The highest BCUT2D eigenvalue weighted by molar-refractivity contribution is 7.90. The Morgan fingerprint density at radius 2 is 1.89 bits per heavy atom. The molecule has 1 spiro atoms. The van der Waals surface area contributed by atoms with E-state index in [-0.39, 0.29) is 58.9 Å². The SMILES string of the molecule is C[C@H]1C[C@@](O)(CO[Si](C)(C)C(C)(C)C)[C@@H](C#N)C[C@@H]1C(=O)N1[C@@H]2C[C@H]3CC[C@@]2(CS1(=O)=O)C3(C)C. The Bertz CT molecular complexity index is 1040. The zero-order chi connectivity index (χ0) is 26.4. The topological polar surface area (TPSA) is 108 Å². The lowest BCUT2D eigenvalue weighted by molar-refractivity contribution is -0.143. The molecule has 0 unspecified atom stereocenters. The summed E-state index contributed by atoms with van der Waals surface area (Å²) in [4.78, 5) is 13.9. The number of carbonyl (C=O) groups excluding carboxylic acids is 1. The van der Waals surface area contributed by atoms with Crippen molar-refractivity contribution in [2.24, 2.45) is 34.5 Å². The first-order valence-corrected chi connectivity index (χ1v) is 17.7. The molecule has 0 aromatic rings. The van der Waals surface area contributed by atoms with Crippen LogP contribution in [0.5, 0.6) is 0 Å². The van der Waals surface area contributed by atoms with Crippen molar-refractivity contribution < 1.29 is 22.7 Å². The third-order valence-electron chi connectivity index (χ3n) is 11.1. The molecule has 1 aliphatic heterocycles. The maximum absolute atomic E-state index is 13.9. The third-order valence-corrected chi connectivity index (χ3v) is 17.5. The predicted octanol–water partition coefficient (Wildman–Crippen LogP) is 4.29. The Morgan fingerprint density at radius 3 is 2.43 bits per heavy atom. The smallest absolute Gasteiger partial charge is 0.239 e. The van der Waals surface area contributed by atoms with Crippen LogP contribution in [0.1, 0.15) is 73.6 Å². The second-order valence-electron chi connectivity index (χ2n) is 14.1. The molecular weight excluding hydrogens is 480 g/mol. The Balaban J connectivity index is 1.56. The van der Waals surface area contributed by atoms with Gasteiger partial charge in [0.2, 0.25) is 15.9 Å². The molecule has 7 atom stereocenters. The van der Waals surface area contributed by atoms with Gasteiger partial charge in [-0.2, -0.15) is 5.26 Å². The van der Waals surface area contributed by atoms with Crippen molar-refractivity contribution in [2.75, 3.05) is 12.4 Å². The molecule has 4 fully saturated rings. The number of sulfonamides is 1. The number of hydrogen-bond donors (Lipinski definition) is 1. The first kappa shape index (κ1) is 27.1. The van der Waals surface area contributed by atoms with E-state index in [1.807, 2.05) is 6.92 Å². The van der Waals surface area contributed by atoms with Crippen LogP contribution in [0.15, 0.2) is 0 Å². The molecule has 198 valence electrons. The Kier molecular flexibility index (Phi) is 6.21. The largest absolute Gasteiger partial charge is 0.414 e. The highest BCUT2D eigenvalue weighted by Crippen LogP contribution is 2.70. The number of aliphatic hydroxyl groups is 1. The summed E-state index contributed by atoms with van der Waals surface area (Å²) in [5.74, 6) is -1.51. The third kappa shape index (κ3) is 3.84. The minimum Gasteiger partial charge on any atom is -0.414 e. The van der Waals surface area contributed by atoms with Gasteiger partial charge < -0.3 is 9.53 Å². The lowest BCUT2D eigenvalue weighted by Crippen LogP contribution is -2.55. The zero-order valence-electron chi connectivity index (χ0n) is 22.7. The number of hydrogen-bond acceptors (Lipinski definition) is 6. The van der Waals surface area contributed by atoms with Gasteiger partial charge in [0.1, 0.15) is 5.60 Å². The van der Waals surface area contributed by atoms with Crippen LogP contribution in [0.25, 0.3) is 0 Å². The molecule has 2 bridgehead atoms. The number of fused-ring (bicyclic) bond motifs is 1. The summed E-state index contributed by atoms with van der Waals surface area (Å²) in [7, 11) is -5.85. The summed E-state index contributed by atoms with van der Waals surface area (Å²) >= 11 is 0. The summed E-state index contributed by atoms with van der Waals surface area (Å²) < 4.78 is 34.3. The summed E-state index contributed by atoms with van der Waals surface area (Å²) in [6.45, 7) is 16.9. The number of carbonyl (C=O) groups is 1. The highest BCUT2D eigenvalue weighted by Gasteiger charge is 2.72. The van der Waals surface area contributed by atoms with Gasteiger partial charge in [0, 0.05) is 11.3 Å². The minimum atomic E-state index is -3.71. The van der Waals surface area contributed by atoms with Gasteiger partial charge in [-0.3, -0.25) is 4.79 Å². The van der Waals surface area contributed by atoms with Gasteiger partial charge in [-0.1, -0.05) is 41.5 Å². The quantitative estimate of drug-likeness (QED) is 0.550. The molecule has 9 heteroatoms. The minimum absolute atomic E-state index is 0.0290. The highest BCUT2D eigenvalue weighted by atomic mass is 32.2. The first-order valence-electron chi connectivity index (χ1n) is 13.1. The van der Waals surface area contributed by atoms with Crippen LogP contribution >= 0.6 is 0 Å². The maximum Gasteiger partial charge on any atom is 0.239 e. The Morgan fingerprint density at radius 1 is 1.26 bits per heavy atom. The normalized spacial score (nSPS) is 42.1. The van der Waals surface area contributed by atoms with Gasteiger partial charge in [0.25, 0.3) is 0 Å². The van der Waals surface area contributed by atoms with E-state index in [9.17, 15) is 23.6 Å². The van der Waals surface area contributed by atoms with Crippen LogP contribution in [0.4, 0.5) is 0 Å². The lowest BCUT2D eigenvalue weighted by atomic mass is 9.66. The molecule has 0 radical (unpaired) electrons. The number of nitrogens with zero attached hydrogens (tertiary/aromatic N) is 2. The van der Waals surface area contributed by atoms with Crippen molar-refractivity contribution in [2.45, 2.75) is 103 Å². The maximum atomic E-state index is 13.9. The Labute approximate surface area is 212 Å². The van der Waals surface area contributed by atoms with E-state index in [4.69, 9.17) is 4.43 Å². The molecule has 0 aromatic carbocycles. The molecule has 3 saturated carbocycles. The molecule has 1 amide bonds. The van der Waals surface area contributed by atoms with Crippen LogP contribution in [-0.2, 0) is 19.2 Å². The second kappa shape index (κ2) is 8.02. The second-order valence-corrected chi connectivity index (χ2v) is 20.8. The summed E-state index contributed by atoms with van der Waals surface area (Å²) in [5, 5.41) is 21.5. The number of amides is 1.